The number of aryl methyl sites for hydroxylation is 1. The molecule has 1 aliphatic rings. The summed E-state index contributed by atoms with van der Waals surface area (Å²) in [5.74, 6) is 0.692. The van der Waals surface area contributed by atoms with Gasteiger partial charge in [-0.1, -0.05) is 30.3 Å². The number of rotatable bonds is 5. The summed E-state index contributed by atoms with van der Waals surface area (Å²) in [5.41, 5.74) is 3.28. The molecule has 0 aliphatic heterocycles. The molecule has 0 fully saturated rings. The zero-order valence-corrected chi connectivity index (χ0v) is 15.0. The molecular formula is C19H20INO2. The van der Waals surface area contributed by atoms with Crippen LogP contribution in [0, 0.1) is 9.49 Å². The third-order valence-electron chi connectivity index (χ3n) is 4.41. The lowest BCUT2D eigenvalue weighted by molar-refractivity contribution is 0.0901. The first-order chi connectivity index (χ1) is 11.1. The van der Waals surface area contributed by atoms with Crippen LogP contribution in [-0.4, -0.2) is 24.0 Å². The van der Waals surface area contributed by atoms with Crippen molar-refractivity contribution in [2.24, 2.45) is 5.92 Å². The summed E-state index contributed by atoms with van der Waals surface area (Å²) in [4.78, 5) is 12.5. The van der Waals surface area contributed by atoms with E-state index in [9.17, 15) is 9.90 Å². The Kier molecular flexibility index (Phi) is 5.33. The second-order valence-corrected chi connectivity index (χ2v) is 7.16. The molecule has 0 saturated heterocycles. The molecule has 23 heavy (non-hydrogen) atoms. The molecule has 1 aliphatic carbocycles. The summed E-state index contributed by atoms with van der Waals surface area (Å²) in [6.45, 7) is 1.58. The van der Waals surface area contributed by atoms with Crippen LogP contribution in [0.3, 0.4) is 0 Å². The van der Waals surface area contributed by atoms with Crippen molar-refractivity contribution < 1.29 is 9.90 Å². The van der Waals surface area contributed by atoms with Gasteiger partial charge in [-0.15, -0.1) is 0 Å². The molecule has 0 heterocycles. The number of carbonyl (C=O) groups excluding carboxylic acids is 1. The van der Waals surface area contributed by atoms with Crippen molar-refractivity contribution in [2.75, 3.05) is 13.1 Å². The van der Waals surface area contributed by atoms with Gasteiger partial charge in [-0.25, -0.2) is 0 Å². The fourth-order valence-electron chi connectivity index (χ4n) is 3.07. The van der Waals surface area contributed by atoms with Crippen LogP contribution in [0.1, 0.15) is 27.9 Å². The van der Waals surface area contributed by atoms with Gasteiger partial charge in [0.05, 0.1) is 3.57 Å². The first-order valence-corrected chi connectivity index (χ1v) is 9.03. The lowest BCUT2D eigenvalue weighted by Crippen LogP contribution is -2.33. The molecule has 0 radical (unpaired) electrons. The van der Waals surface area contributed by atoms with Gasteiger partial charge < -0.3 is 10.4 Å². The highest BCUT2D eigenvalue weighted by Crippen LogP contribution is 2.25. The number of phenols is 1. The quantitative estimate of drug-likeness (QED) is 0.574. The molecule has 0 aromatic heterocycles. The number of carbonyl (C=O) groups is 1. The minimum Gasteiger partial charge on any atom is -0.507 e. The second kappa shape index (κ2) is 7.45. The van der Waals surface area contributed by atoms with Crippen LogP contribution < -0.4 is 5.32 Å². The molecule has 4 heteroatoms. The van der Waals surface area contributed by atoms with Crippen LogP contribution in [0.25, 0.3) is 0 Å². The van der Waals surface area contributed by atoms with Gasteiger partial charge in [0.15, 0.2) is 5.78 Å². The van der Waals surface area contributed by atoms with Crippen molar-refractivity contribution in [3.8, 4) is 5.75 Å². The van der Waals surface area contributed by atoms with Crippen LogP contribution >= 0.6 is 22.6 Å². The van der Waals surface area contributed by atoms with E-state index in [1.807, 2.05) is 30.3 Å². The van der Waals surface area contributed by atoms with Crippen molar-refractivity contribution in [1.82, 2.24) is 5.32 Å². The normalized spacial score (nSPS) is 17.1. The number of fused-ring (bicyclic) bond motifs is 1. The molecule has 2 aromatic carbocycles. The summed E-state index contributed by atoms with van der Waals surface area (Å²) >= 11 is 2.13. The van der Waals surface area contributed by atoms with Crippen molar-refractivity contribution in [1.29, 1.82) is 0 Å². The van der Waals surface area contributed by atoms with E-state index in [1.54, 1.807) is 6.07 Å². The zero-order valence-electron chi connectivity index (χ0n) is 12.9. The fraction of sp³-hybridized carbons (Fsp3) is 0.316. The summed E-state index contributed by atoms with van der Waals surface area (Å²) in [6.07, 6.45) is 2.82. The van der Waals surface area contributed by atoms with Gasteiger partial charge >= 0.3 is 0 Å². The lowest BCUT2D eigenvalue weighted by atomic mass is 9.83. The van der Waals surface area contributed by atoms with Gasteiger partial charge in [0.25, 0.3) is 0 Å². The van der Waals surface area contributed by atoms with Crippen molar-refractivity contribution in [3.05, 3.63) is 62.7 Å². The number of ketones is 1. The minimum atomic E-state index is 0.0878. The minimum absolute atomic E-state index is 0.0878. The molecule has 0 bridgehead atoms. The third kappa shape index (κ3) is 3.93. The van der Waals surface area contributed by atoms with E-state index in [0.717, 1.165) is 41.5 Å². The molecule has 0 spiro atoms. The predicted octanol–water partition coefficient (Wildman–Crippen LogP) is 3.57. The van der Waals surface area contributed by atoms with E-state index in [0.29, 0.717) is 5.75 Å². The average molecular weight is 421 g/mol. The van der Waals surface area contributed by atoms with Crippen LogP contribution in [0.5, 0.6) is 5.75 Å². The number of halogens is 1. The molecule has 2 N–H and O–H groups in total. The standard InChI is InChI=1S/C19H20INO2/c20-17-11-13(5-8-18(17)22)9-10-21-12-15-7-6-14-3-1-2-4-16(14)19(15)23/h1-5,8,11,15,21-22H,6-7,9-10,12H2. The largest absolute Gasteiger partial charge is 0.507 e. The fourth-order valence-corrected chi connectivity index (χ4v) is 3.65. The van der Waals surface area contributed by atoms with Gasteiger partial charge in [-0.3, -0.25) is 4.79 Å². The Morgan fingerprint density at radius 2 is 2.04 bits per heavy atom. The van der Waals surface area contributed by atoms with Gasteiger partial charge in [0.2, 0.25) is 0 Å². The van der Waals surface area contributed by atoms with Gasteiger partial charge in [-0.2, -0.15) is 0 Å². The van der Waals surface area contributed by atoms with Crippen LogP contribution in [-0.2, 0) is 12.8 Å². The molecule has 2 aromatic rings. The number of phenolic OH excluding ortho intramolecular Hbond substituents is 1. The van der Waals surface area contributed by atoms with Crippen molar-refractivity contribution >= 4 is 28.4 Å². The molecule has 1 unspecified atom stereocenters. The first-order valence-electron chi connectivity index (χ1n) is 7.95. The highest BCUT2D eigenvalue weighted by molar-refractivity contribution is 14.1. The summed E-state index contributed by atoms with van der Waals surface area (Å²) in [5, 5.41) is 12.9. The van der Waals surface area contributed by atoms with Crippen LogP contribution in [0.4, 0.5) is 0 Å². The maximum Gasteiger partial charge on any atom is 0.167 e. The molecular weight excluding hydrogens is 401 g/mol. The second-order valence-electron chi connectivity index (χ2n) is 6.00. The van der Waals surface area contributed by atoms with Gasteiger partial charge in [0.1, 0.15) is 5.75 Å². The van der Waals surface area contributed by atoms with Gasteiger partial charge in [-0.05, 0) is 71.7 Å². The maximum atomic E-state index is 12.5. The Hall–Kier alpha value is -1.40. The summed E-state index contributed by atoms with van der Waals surface area (Å²) in [6, 6.07) is 13.6. The SMILES string of the molecule is O=C1c2ccccc2CCC1CNCCc1ccc(O)c(I)c1. The van der Waals surface area contributed by atoms with E-state index in [-0.39, 0.29) is 11.7 Å². The number of benzene rings is 2. The predicted molar refractivity (Wildman–Crippen MR) is 100.0 cm³/mol. The summed E-state index contributed by atoms with van der Waals surface area (Å²) in [7, 11) is 0. The Balaban J connectivity index is 1.50. The molecule has 120 valence electrons. The Morgan fingerprint density at radius 3 is 2.87 bits per heavy atom. The molecule has 3 rings (SSSR count). The van der Waals surface area contributed by atoms with Crippen LogP contribution in [0.15, 0.2) is 42.5 Å². The zero-order chi connectivity index (χ0) is 16.2. The van der Waals surface area contributed by atoms with Gasteiger partial charge in [0, 0.05) is 18.0 Å². The van der Waals surface area contributed by atoms with Crippen LogP contribution in [0.2, 0.25) is 0 Å². The maximum absolute atomic E-state index is 12.5. The van der Waals surface area contributed by atoms with E-state index in [4.69, 9.17) is 0 Å². The number of nitrogens with one attached hydrogen (secondary N) is 1. The number of hydrogen-bond acceptors (Lipinski definition) is 3. The molecule has 0 amide bonds. The van der Waals surface area contributed by atoms with E-state index >= 15 is 0 Å². The smallest absolute Gasteiger partial charge is 0.167 e. The first kappa shape index (κ1) is 16.5. The molecule has 0 saturated carbocycles. The van der Waals surface area contributed by atoms with E-state index in [2.05, 4.69) is 34.0 Å². The Morgan fingerprint density at radius 1 is 1.22 bits per heavy atom. The summed E-state index contributed by atoms with van der Waals surface area (Å²) < 4.78 is 0.874. The molecule has 1 atom stereocenters. The van der Waals surface area contributed by atoms with E-state index in [1.165, 1.54) is 11.1 Å². The third-order valence-corrected chi connectivity index (χ3v) is 5.27. The Labute approximate surface area is 150 Å². The van der Waals surface area contributed by atoms with Crippen molar-refractivity contribution in [3.63, 3.8) is 0 Å². The highest BCUT2D eigenvalue weighted by Gasteiger charge is 2.26. The number of Topliss-reactive ketones (excluding diaryl/α,β-unsaturated/α-hetero) is 1. The molecule has 3 nitrogen and oxygen atoms in total. The van der Waals surface area contributed by atoms with Crippen molar-refractivity contribution in [2.45, 2.75) is 19.3 Å². The topological polar surface area (TPSA) is 49.3 Å². The highest BCUT2D eigenvalue weighted by atomic mass is 127. The number of hydrogen-bond donors (Lipinski definition) is 2. The number of aromatic hydroxyl groups is 1. The Bertz CT molecular complexity index is 714. The average Bonchev–Trinajstić information content (AvgIpc) is 2.57. The monoisotopic (exact) mass is 421 g/mol. The van der Waals surface area contributed by atoms with E-state index < -0.39 is 0 Å². The lowest BCUT2D eigenvalue weighted by Gasteiger charge is -2.23.